The van der Waals surface area contributed by atoms with E-state index in [-0.39, 0.29) is 18.0 Å². The molecule has 1 N–H and O–H groups in total. The predicted molar refractivity (Wildman–Crippen MR) is 146 cm³/mol. The average molecular weight is 575 g/mol. The zero-order valence-corrected chi connectivity index (χ0v) is 24.3. The standard InChI is InChI=1S/C25H33Cl2N3O6S/c1-16(24(32)28-25(2,3)4)29(14-18-19(26)9-8-10-20(18)27)23(31)15-30(37(7,33)34)21-13-17(35-5)11-12-22(21)36-6/h8-13,16H,14-15H2,1-7H3,(H,28,32). The van der Waals surface area contributed by atoms with E-state index in [0.29, 0.717) is 21.4 Å². The van der Waals surface area contributed by atoms with Crippen molar-refractivity contribution < 1.29 is 27.5 Å². The zero-order chi connectivity index (χ0) is 28.1. The zero-order valence-electron chi connectivity index (χ0n) is 22.0. The Labute approximate surface area is 228 Å². The molecule has 0 saturated carbocycles. The molecule has 0 aliphatic rings. The fourth-order valence-electron chi connectivity index (χ4n) is 3.50. The molecule has 0 bridgehead atoms. The molecule has 0 fully saturated rings. The molecule has 9 nitrogen and oxygen atoms in total. The molecule has 0 aromatic heterocycles. The highest BCUT2D eigenvalue weighted by Crippen LogP contribution is 2.34. The third-order valence-corrected chi connectivity index (χ3v) is 7.22. The van der Waals surface area contributed by atoms with Crippen LogP contribution in [0.15, 0.2) is 36.4 Å². The molecule has 37 heavy (non-hydrogen) atoms. The first kappa shape index (κ1) is 30.5. The summed E-state index contributed by atoms with van der Waals surface area (Å²) in [5, 5.41) is 3.47. The van der Waals surface area contributed by atoms with Crippen molar-refractivity contribution in [1.82, 2.24) is 10.2 Å². The van der Waals surface area contributed by atoms with Crippen LogP contribution in [0.2, 0.25) is 10.0 Å². The predicted octanol–water partition coefficient (Wildman–Crippen LogP) is 4.11. The van der Waals surface area contributed by atoms with E-state index in [1.165, 1.54) is 31.3 Å². The molecule has 0 saturated heterocycles. The van der Waals surface area contributed by atoms with Gasteiger partial charge in [-0.3, -0.25) is 13.9 Å². The van der Waals surface area contributed by atoms with E-state index in [1.54, 1.807) is 31.2 Å². The molecular formula is C25H33Cl2N3O6S. The maximum absolute atomic E-state index is 13.7. The van der Waals surface area contributed by atoms with E-state index in [9.17, 15) is 18.0 Å². The number of rotatable bonds is 10. The second-order valence-corrected chi connectivity index (χ2v) is 12.2. The van der Waals surface area contributed by atoms with Crippen LogP contribution in [0.3, 0.4) is 0 Å². The van der Waals surface area contributed by atoms with Crippen LogP contribution < -0.4 is 19.1 Å². The minimum atomic E-state index is -3.97. The molecule has 0 heterocycles. The lowest BCUT2D eigenvalue weighted by molar-refractivity contribution is -0.140. The molecule has 2 amide bonds. The number of benzene rings is 2. The summed E-state index contributed by atoms with van der Waals surface area (Å²) in [4.78, 5) is 28.1. The maximum Gasteiger partial charge on any atom is 0.244 e. The Kier molecular flexibility index (Phi) is 10.1. The van der Waals surface area contributed by atoms with E-state index in [2.05, 4.69) is 5.32 Å². The number of nitrogens with one attached hydrogen (secondary N) is 1. The lowest BCUT2D eigenvalue weighted by Crippen LogP contribution is -2.54. The summed E-state index contributed by atoms with van der Waals surface area (Å²) in [7, 11) is -1.15. The fourth-order valence-corrected chi connectivity index (χ4v) is 4.86. The summed E-state index contributed by atoms with van der Waals surface area (Å²) < 4.78 is 37.2. The van der Waals surface area contributed by atoms with Gasteiger partial charge in [-0.15, -0.1) is 0 Å². The first-order valence-corrected chi connectivity index (χ1v) is 13.9. The summed E-state index contributed by atoms with van der Waals surface area (Å²) in [6.07, 6.45) is 0.976. The number of anilines is 1. The third kappa shape index (κ3) is 8.15. The molecular weight excluding hydrogens is 541 g/mol. The van der Waals surface area contributed by atoms with Gasteiger partial charge in [0.1, 0.15) is 24.1 Å². The van der Waals surface area contributed by atoms with Gasteiger partial charge in [-0.2, -0.15) is 0 Å². The average Bonchev–Trinajstić information content (AvgIpc) is 2.79. The van der Waals surface area contributed by atoms with Crippen molar-refractivity contribution in [2.24, 2.45) is 0 Å². The molecule has 2 aromatic carbocycles. The van der Waals surface area contributed by atoms with E-state index in [1.807, 2.05) is 20.8 Å². The lowest BCUT2D eigenvalue weighted by atomic mass is 10.1. The number of carbonyl (C=O) groups is 2. The van der Waals surface area contributed by atoms with Crippen LogP contribution in [-0.2, 0) is 26.2 Å². The van der Waals surface area contributed by atoms with Crippen LogP contribution in [0.25, 0.3) is 0 Å². The number of sulfonamides is 1. The maximum atomic E-state index is 13.7. The number of ether oxygens (including phenoxy) is 2. The first-order valence-electron chi connectivity index (χ1n) is 11.3. The Balaban J connectivity index is 2.56. The SMILES string of the molecule is COc1ccc(OC)c(N(CC(=O)N(Cc2c(Cl)cccc2Cl)C(C)C(=O)NC(C)(C)C)S(C)(=O)=O)c1. The first-order chi connectivity index (χ1) is 17.1. The van der Waals surface area contributed by atoms with E-state index >= 15 is 0 Å². The molecule has 1 unspecified atom stereocenters. The monoisotopic (exact) mass is 573 g/mol. The summed E-state index contributed by atoms with van der Waals surface area (Å²) in [6, 6.07) is 8.53. The van der Waals surface area contributed by atoms with Gasteiger partial charge in [0, 0.05) is 33.8 Å². The van der Waals surface area contributed by atoms with E-state index < -0.39 is 40.0 Å². The topological polar surface area (TPSA) is 105 Å². The number of halogens is 2. The van der Waals surface area contributed by atoms with Crippen molar-refractivity contribution in [3.8, 4) is 11.5 Å². The molecule has 1 atom stereocenters. The number of carbonyl (C=O) groups excluding carboxylic acids is 2. The Morgan fingerprint density at radius 1 is 1.05 bits per heavy atom. The van der Waals surface area contributed by atoms with Crippen molar-refractivity contribution in [1.29, 1.82) is 0 Å². The van der Waals surface area contributed by atoms with Crippen LogP contribution in [0.4, 0.5) is 5.69 Å². The van der Waals surface area contributed by atoms with Crippen molar-refractivity contribution >= 4 is 50.7 Å². The molecule has 0 aliphatic carbocycles. The lowest BCUT2D eigenvalue weighted by Gasteiger charge is -2.33. The van der Waals surface area contributed by atoms with Crippen molar-refractivity contribution in [3.63, 3.8) is 0 Å². The van der Waals surface area contributed by atoms with Gasteiger partial charge in [0.05, 0.1) is 26.2 Å². The second kappa shape index (κ2) is 12.2. The summed E-state index contributed by atoms with van der Waals surface area (Å²) >= 11 is 12.7. The molecule has 0 radical (unpaired) electrons. The van der Waals surface area contributed by atoms with Gasteiger partial charge in [0.15, 0.2) is 0 Å². The van der Waals surface area contributed by atoms with Crippen LogP contribution in [0.5, 0.6) is 11.5 Å². The highest BCUT2D eigenvalue weighted by molar-refractivity contribution is 7.92. The summed E-state index contributed by atoms with van der Waals surface area (Å²) in [5.74, 6) is -0.482. The third-order valence-electron chi connectivity index (χ3n) is 5.39. The minimum Gasteiger partial charge on any atom is -0.497 e. The molecule has 2 rings (SSSR count). The highest BCUT2D eigenvalue weighted by atomic mass is 35.5. The summed E-state index contributed by atoms with van der Waals surface area (Å²) in [5.41, 5.74) is -0.0193. The number of nitrogens with zero attached hydrogens (tertiary/aromatic N) is 2. The van der Waals surface area contributed by atoms with Crippen molar-refractivity contribution in [2.45, 2.75) is 45.8 Å². The quantitative estimate of drug-likeness (QED) is 0.458. The largest absolute Gasteiger partial charge is 0.497 e. The molecule has 0 spiro atoms. The number of hydrogen-bond acceptors (Lipinski definition) is 6. The number of amides is 2. The normalized spacial score (nSPS) is 12.5. The molecule has 0 aliphatic heterocycles. The fraction of sp³-hybridized carbons (Fsp3) is 0.440. The number of methoxy groups -OCH3 is 2. The van der Waals surface area contributed by atoms with E-state index in [4.69, 9.17) is 32.7 Å². The molecule has 204 valence electrons. The second-order valence-electron chi connectivity index (χ2n) is 9.44. The Morgan fingerprint density at radius 3 is 2.14 bits per heavy atom. The molecule has 12 heteroatoms. The van der Waals surface area contributed by atoms with Gasteiger partial charge in [-0.25, -0.2) is 8.42 Å². The Morgan fingerprint density at radius 2 is 1.65 bits per heavy atom. The van der Waals surface area contributed by atoms with Crippen LogP contribution in [0, 0.1) is 0 Å². The van der Waals surface area contributed by atoms with Gasteiger partial charge in [-0.05, 0) is 52.0 Å². The number of hydrogen-bond donors (Lipinski definition) is 1. The molecule has 2 aromatic rings. The highest BCUT2D eigenvalue weighted by Gasteiger charge is 2.33. The Hall–Kier alpha value is -2.69. The van der Waals surface area contributed by atoms with Gasteiger partial charge in [0.25, 0.3) is 0 Å². The minimum absolute atomic E-state index is 0.111. The smallest absolute Gasteiger partial charge is 0.244 e. The summed E-state index contributed by atoms with van der Waals surface area (Å²) in [6.45, 7) is 6.26. The Bertz CT molecular complexity index is 1230. The van der Waals surface area contributed by atoms with E-state index in [0.717, 1.165) is 10.6 Å². The van der Waals surface area contributed by atoms with Gasteiger partial charge in [-0.1, -0.05) is 29.3 Å². The van der Waals surface area contributed by atoms with Crippen molar-refractivity contribution in [3.05, 3.63) is 52.0 Å². The van der Waals surface area contributed by atoms with Gasteiger partial charge < -0.3 is 19.7 Å². The van der Waals surface area contributed by atoms with Crippen LogP contribution >= 0.6 is 23.2 Å². The van der Waals surface area contributed by atoms with Crippen molar-refractivity contribution in [2.75, 3.05) is 31.3 Å². The van der Waals surface area contributed by atoms with Crippen LogP contribution in [-0.4, -0.2) is 63.7 Å². The van der Waals surface area contributed by atoms with Crippen LogP contribution in [0.1, 0.15) is 33.3 Å². The van der Waals surface area contributed by atoms with Gasteiger partial charge >= 0.3 is 0 Å². The van der Waals surface area contributed by atoms with Gasteiger partial charge in [0.2, 0.25) is 21.8 Å².